The van der Waals surface area contributed by atoms with E-state index >= 15 is 0 Å². The van der Waals surface area contributed by atoms with Gasteiger partial charge in [-0.2, -0.15) is 16.9 Å². The summed E-state index contributed by atoms with van der Waals surface area (Å²) in [5.74, 6) is 1.31. The molecule has 17 heavy (non-hydrogen) atoms. The highest BCUT2D eigenvalue weighted by atomic mass is 32.2. The Morgan fingerprint density at radius 2 is 2.47 bits per heavy atom. The van der Waals surface area contributed by atoms with Crippen LogP contribution in [0.5, 0.6) is 0 Å². The summed E-state index contributed by atoms with van der Waals surface area (Å²) in [4.78, 5) is 0. The minimum Gasteiger partial charge on any atom is -0.308 e. The molecular weight excluding hydrogens is 230 g/mol. The van der Waals surface area contributed by atoms with Crippen molar-refractivity contribution in [3.63, 3.8) is 0 Å². The van der Waals surface area contributed by atoms with Crippen molar-refractivity contribution >= 4 is 11.8 Å². The van der Waals surface area contributed by atoms with Crippen molar-refractivity contribution in [1.29, 1.82) is 0 Å². The van der Waals surface area contributed by atoms with Crippen LogP contribution in [0.15, 0.2) is 12.3 Å². The third-order valence-corrected chi connectivity index (χ3v) is 4.71. The summed E-state index contributed by atoms with van der Waals surface area (Å²) in [7, 11) is 1.99. The summed E-state index contributed by atoms with van der Waals surface area (Å²) in [6.45, 7) is 3.30. The van der Waals surface area contributed by atoms with Crippen LogP contribution in [0.2, 0.25) is 0 Å². The molecule has 4 heteroatoms. The van der Waals surface area contributed by atoms with E-state index in [0.717, 1.165) is 6.54 Å². The first kappa shape index (κ1) is 13.0. The van der Waals surface area contributed by atoms with Gasteiger partial charge in [-0.1, -0.05) is 13.3 Å². The fourth-order valence-corrected chi connectivity index (χ4v) is 3.79. The highest BCUT2D eigenvalue weighted by Crippen LogP contribution is 2.34. The maximum Gasteiger partial charge on any atom is 0.0805 e. The van der Waals surface area contributed by atoms with E-state index in [1.54, 1.807) is 0 Å². The molecule has 1 aliphatic heterocycles. The molecule has 1 aromatic rings. The molecule has 0 aliphatic carbocycles. The Morgan fingerprint density at radius 3 is 3.06 bits per heavy atom. The van der Waals surface area contributed by atoms with E-state index in [9.17, 15) is 0 Å². The van der Waals surface area contributed by atoms with Gasteiger partial charge in [-0.15, -0.1) is 0 Å². The predicted octanol–water partition coefficient (Wildman–Crippen LogP) is 2.75. The number of rotatable bonds is 5. The van der Waals surface area contributed by atoms with Gasteiger partial charge in [-0.3, -0.25) is 4.68 Å². The van der Waals surface area contributed by atoms with Crippen LogP contribution in [0.3, 0.4) is 0 Å². The summed E-state index contributed by atoms with van der Waals surface area (Å²) in [5.41, 5.74) is 1.21. The Morgan fingerprint density at radius 1 is 1.59 bits per heavy atom. The first-order valence-electron chi connectivity index (χ1n) is 6.65. The van der Waals surface area contributed by atoms with E-state index in [1.165, 1.54) is 37.1 Å². The van der Waals surface area contributed by atoms with Gasteiger partial charge < -0.3 is 5.32 Å². The van der Waals surface area contributed by atoms with Gasteiger partial charge in [0.05, 0.1) is 11.7 Å². The molecule has 0 bridgehead atoms. The zero-order chi connectivity index (χ0) is 12.1. The number of aromatic nitrogens is 2. The summed E-state index contributed by atoms with van der Waals surface area (Å²) in [5, 5.41) is 8.95. The van der Waals surface area contributed by atoms with Crippen molar-refractivity contribution in [2.75, 3.05) is 12.3 Å². The van der Waals surface area contributed by atoms with Crippen molar-refractivity contribution in [3.8, 4) is 0 Å². The molecule has 2 rings (SSSR count). The van der Waals surface area contributed by atoms with E-state index in [1.807, 2.05) is 17.9 Å². The van der Waals surface area contributed by atoms with Crippen LogP contribution in [0, 0.1) is 0 Å². The second-order valence-corrected chi connectivity index (χ2v) is 6.10. The molecule has 0 radical (unpaired) electrons. The first-order valence-corrected chi connectivity index (χ1v) is 7.70. The summed E-state index contributed by atoms with van der Waals surface area (Å²) < 4.78 is 1.91. The Balaban J connectivity index is 2.06. The maximum atomic E-state index is 4.58. The summed E-state index contributed by atoms with van der Waals surface area (Å²) in [6.07, 6.45) is 7.30. The number of hydrogen-bond donors (Lipinski definition) is 1. The molecule has 2 atom stereocenters. The molecule has 2 heterocycles. The average Bonchev–Trinajstić information content (AvgIpc) is 2.78. The molecule has 0 saturated carbocycles. The monoisotopic (exact) mass is 253 g/mol. The second kappa shape index (κ2) is 6.45. The molecule has 3 nitrogen and oxygen atoms in total. The van der Waals surface area contributed by atoms with E-state index in [0.29, 0.717) is 11.3 Å². The van der Waals surface area contributed by atoms with Gasteiger partial charge >= 0.3 is 0 Å². The standard InChI is InChI=1S/C13H23N3S/c1-3-8-14-13(11-7-9-16(2)15-11)12-6-4-5-10-17-12/h7,9,12-14H,3-6,8,10H2,1-2H3. The van der Waals surface area contributed by atoms with E-state index < -0.39 is 0 Å². The molecule has 1 aliphatic rings. The lowest BCUT2D eigenvalue weighted by molar-refractivity contribution is 0.466. The van der Waals surface area contributed by atoms with Crippen LogP contribution < -0.4 is 5.32 Å². The third-order valence-electron chi connectivity index (χ3n) is 3.25. The molecule has 1 N–H and O–H groups in total. The minimum absolute atomic E-state index is 0.432. The zero-order valence-electron chi connectivity index (χ0n) is 10.9. The van der Waals surface area contributed by atoms with Gasteiger partial charge in [0, 0.05) is 18.5 Å². The fourth-order valence-electron chi connectivity index (χ4n) is 2.35. The lowest BCUT2D eigenvalue weighted by Gasteiger charge is -2.29. The smallest absolute Gasteiger partial charge is 0.0805 e. The maximum absolute atomic E-state index is 4.58. The second-order valence-electron chi connectivity index (χ2n) is 4.75. The Labute approximate surface area is 108 Å². The van der Waals surface area contributed by atoms with Gasteiger partial charge in [0.25, 0.3) is 0 Å². The van der Waals surface area contributed by atoms with Gasteiger partial charge in [0.1, 0.15) is 0 Å². The largest absolute Gasteiger partial charge is 0.308 e. The van der Waals surface area contributed by atoms with Crippen molar-refractivity contribution in [3.05, 3.63) is 18.0 Å². The molecule has 96 valence electrons. The van der Waals surface area contributed by atoms with Crippen LogP contribution in [0.25, 0.3) is 0 Å². The molecule has 0 spiro atoms. The van der Waals surface area contributed by atoms with Gasteiger partial charge in [-0.05, 0) is 37.6 Å². The van der Waals surface area contributed by atoms with Crippen LogP contribution in [-0.4, -0.2) is 27.3 Å². The quantitative estimate of drug-likeness (QED) is 0.875. The van der Waals surface area contributed by atoms with Crippen molar-refractivity contribution in [2.45, 2.75) is 43.9 Å². The van der Waals surface area contributed by atoms with E-state index in [-0.39, 0.29) is 0 Å². The molecule has 0 amide bonds. The normalized spacial score (nSPS) is 22.6. The molecular formula is C13H23N3S. The lowest BCUT2D eigenvalue weighted by atomic mass is 10.0. The Hall–Kier alpha value is -0.480. The molecule has 1 saturated heterocycles. The molecule has 1 aromatic heterocycles. The summed E-state index contributed by atoms with van der Waals surface area (Å²) >= 11 is 2.11. The number of nitrogens with zero attached hydrogens (tertiary/aromatic N) is 2. The topological polar surface area (TPSA) is 29.9 Å². The van der Waals surface area contributed by atoms with Crippen LogP contribution in [0.1, 0.15) is 44.3 Å². The van der Waals surface area contributed by atoms with Crippen molar-refractivity contribution in [1.82, 2.24) is 15.1 Å². The Bertz CT molecular complexity index is 331. The third kappa shape index (κ3) is 3.49. The number of aryl methyl sites for hydroxylation is 1. The molecule has 0 aromatic carbocycles. The highest BCUT2D eigenvalue weighted by Gasteiger charge is 2.26. The molecule has 2 unspecified atom stereocenters. The van der Waals surface area contributed by atoms with Gasteiger partial charge in [-0.25, -0.2) is 0 Å². The van der Waals surface area contributed by atoms with E-state index in [4.69, 9.17) is 0 Å². The van der Waals surface area contributed by atoms with Crippen molar-refractivity contribution in [2.24, 2.45) is 7.05 Å². The lowest BCUT2D eigenvalue weighted by Crippen LogP contribution is -2.32. The SMILES string of the molecule is CCCNC(c1ccn(C)n1)C1CCCCS1. The number of nitrogens with one attached hydrogen (secondary N) is 1. The molecule has 1 fully saturated rings. The van der Waals surface area contributed by atoms with Crippen LogP contribution in [0.4, 0.5) is 0 Å². The first-order chi connectivity index (χ1) is 8.31. The average molecular weight is 253 g/mol. The zero-order valence-corrected chi connectivity index (χ0v) is 11.7. The minimum atomic E-state index is 0.432. The van der Waals surface area contributed by atoms with E-state index in [2.05, 4.69) is 35.2 Å². The van der Waals surface area contributed by atoms with Crippen LogP contribution >= 0.6 is 11.8 Å². The fraction of sp³-hybridized carbons (Fsp3) is 0.769. The van der Waals surface area contributed by atoms with Gasteiger partial charge in [0.2, 0.25) is 0 Å². The summed E-state index contributed by atoms with van der Waals surface area (Å²) in [6, 6.07) is 2.59. The van der Waals surface area contributed by atoms with Crippen LogP contribution in [-0.2, 0) is 7.05 Å². The highest BCUT2D eigenvalue weighted by molar-refractivity contribution is 8.00. The number of thioether (sulfide) groups is 1. The predicted molar refractivity (Wildman–Crippen MR) is 74.3 cm³/mol. The van der Waals surface area contributed by atoms with Crippen molar-refractivity contribution < 1.29 is 0 Å². The number of hydrogen-bond acceptors (Lipinski definition) is 3. The van der Waals surface area contributed by atoms with Gasteiger partial charge in [0.15, 0.2) is 0 Å². The Kier molecular flexibility index (Phi) is 4.92.